The number of benzene rings is 2. The number of nitriles is 1. The van der Waals surface area contributed by atoms with Crippen molar-refractivity contribution in [3.05, 3.63) is 59.0 Å². The predicted molar refractivity (Wildman–Crippen MR) is 94.3 cm³/mol. The lowest BCUT2D eigenvalue weighted by Gasteiger charge is -2.27. The minimum atomic E-state index is -0.362. The molecule has 0 fully saturated rings. The fraction of sp³-hybridized carbons (Fsp3) is 0.211. The zero-order chi connectivity index (χ0) is 18.0. The van der Waals surface area contributed by atoms with Crippen LogP contribution in [0.4, 0.5) is 5.69 Å². The quantitative estimate of drug-likeness (QED) is 0.831. The number of anilines is 1. The van der Waals surface area contributed by atoms with Crippen LogP contribution in [0.5, 0.6) is 17.2 Å². The number of ether oxygens (including phenoxy) is 3. The second-order valence-electron chi connectivity index (χ2n) is 5.57. The third-order valence-electron chi connectivity index (χ3n) is 4.06. The molecule has 0 amide bonds. The van der Waals surface area contributed by atoms with Crippen LogP contribution in [0.3, 0.4) is 0 Å². The van der Waals surface area contributed by atoms with Gasteiger partial charge in [-0.3, -0.25) is 0 Å². The van der Waals surface area contributed by atoms with Gasteiger partial charge in [-0.15, -0.1) is 0 Å². The van der Waals surface area contributed by atoms with Crippen molar-refractivity contribution >= 4 is 5.69 Å². The van der Waals surface area contributed by atoms with Crippen LogP contribution >= 0.6 is 0 Å². The highest BCUT2D eigenvalue weighted by Gasteiger charge is 2.31. The Bertz CT molecular complexity index is 884. The molecule has 0 spiro atoms. The average Bonchev–Trinajstić information content (AvgIpc) is 2.60. The lowest BCUT2D eigenvalue weighted by Crippen LogP contribution is -2.21. The fourth-order valence-corrected chi connectivity index (χ4v) is 2.96. The van der Waals surface area contributed by atoms with E-state index >= 15 is 0 Å². The summed E-state index contributed by atoms with van der Waals surface area (Å²) < 4.78 is 16.6. The van der Waals surface area contributed by atoms with E-state index in [1.807, 2.05) is 31.2 Å². The molecule has 6 nitrogen and oxygen atoms in total. The molecule has 128 valence electrons. The van der Waals surface area contributed by atoms with E-state index in [0.717, 1.165) is 11.1 Å². The van der Waals surface area contributed by atoms with E-state index in [0.29, 0.717) is 35.1 Å². The molecular formula is C19H19N3O3. The first-order valence-corrected chi connectivity index (χ1v) is 7.86. The van der Waals surface area contributed by atoms with Gasteiger partial charge in [-0.2, -0.15) is 5.26 Å². The van der Waals surface area contributed by atoms with Gasteiger partial charge < -0.3 is 25.7 Å². The molecule has 2 aromatic carbocycles. The van der Waals surface area contributed by atoms with Crippen molar-refractivity contribution in [3.63, 3.8) is 0 Å². The zero-order valence-electron chi connectivity index (χ0n) is 14.1. The number of rotatable bonds is 4. The zero-order valence-corrected chi connectivity index (χ0v) is 14.1. The number of methoxy groups -OCH3 is 1. The van der Waals surface area contributed by atoms with E-state index in [1.54, 1.807) is 19.2 Å². The molecule has 6 heteroatoms. The molecule has 0 radical (unpaired) electrons. The molecule has 0 saturated carbocycles. The molecule has 1 aliphatic rings. The normalized spacial score (nSPS) is 15.8. The van der Waals surface area contributed by atoms with Crippen molar-refractivity contribution < 1.29 is 14.2 Å². The van der Waals surface area contributed by atoms with Crippen molar-refractivity contribution in [1.82, 2.24) is 0 Å². The molecule has 4 N–H and O–H groups in total. The van der Waals surface area contributed by atoms with Gasteiger partial charge in [0.1, 0.15) is 17.4 Å². The highest BCUT2D eigenvalue weighted by atomic mass is 16.5. The van der Waals surface area contributed by atoms with Gasteiger partial charge in [-0.1, -0.05) is 12.1 Å². The number of hydrogen-bond donors (Lipinski definition) is 2. The number of hydrogen-bond acceptors (Lipinski definition) is 6. The molecule has 1 heterocycles. The summed E-state index contributed by atoms with van der Waals surface area (Å²) in [5, 5.41) is 9.60. The van der Waals surface area contributed by atoms with Crippen LogP contribution in [-0.4, -0.2) is 13.7 Å². The maximum atomic E-state index is 9.60. The largest absolute Gasteiger partial charge is 0.493 e. The van der Waals surface area contributed by atoms with E-state index in [4.69, 9.17) is 25.7 Å². The number of nitrogens with two attached hydrogens (primary N) is 2. The summed E-state index contributed by atoms with van der Waals surface area (Å²) in [4.78, 5) is 0. The van der Waals surface area contributed by atoms with E-state index in [9.17, 15) is 5.26 Å². The van der Waals surface area contributed by atoms with Crippen molar-refractivity contribution in [2.75, 3.05) is 19.5 Å². The molecule has 3 rings (SSSR count). The first-order chi connectivity index (χ1) is 12.1. The summed E-state index contributed by atoms with van der Waals surface area (Å²) in [5.41, 5.74) is 14.4. The van der Waals surface area contributed by atoms with Gasteiger partial charge in [-0.05, 0) is 30.7 Å². The van der Waals surface area contributed by atoms with Gasteiger partial charge in [0.25, 0.3) is 0 Å². The average molecular weight is 337 g/mol. The van der Waals surface area contributed by atoms with E-state index in [2.05, 4.69) is 6.07 Å². The summed E-state index contributed by atoms with van der Waals surface area (Å²) >= 11 is 0. The Morgan fingerprint density at radius 3 is 2.64 bits per heavy atom. The van der Waals surface area contributed by atoms with Crippen LogP contribution in [-0.2, 0) is 0 Å². The third kappa shape index (κ3) is 2.92. The summed E-state index contributed by atoms with van der Waals surface area (Å²) in [6.45, 7) is 2.40. The Morgan fingerprint density at radius 1 is 1.16 bits per heavy atom. The SMILES string of the molecule is CCOc1cc([C@@H]2C(C#N)=C(N)Oc3cc(N)ccc32)ccc1OC. The lowest BCUT2D eigenvalue weighted by molar-refractivity contribution is 0.310. The minimum absolute atomic E-state index is 0.0828. The van der Waals surface area contributed by atoms with E-state index in [-0.39, 0.29) is 11.8 Å². The van der Waals surface area contributed by atoms with Gasteiger partial charge in [-0.25, -0.2) is 0 Å². The van der Waals surface area contributed by atoms with Crippen molar-refractivity contribution in [2.45, 2.75) is 12.8 Å². The number of fused-ring (bicyclic) bond motifs is 1. The smallest absolute Gasteiger partial charge is 0.205 e. The summed E-state index contributed by atoms with van der Waals surface area (Å²) in [5.74, 6) is 1.52. The fourth-order valence-electron chi connectivity index (χ4n) is 2.96. The molecule has 1 atom stereocenters. The number of allylic oxidation sites excluding steroid dienone is 1. The van der Waals surface area contributed by atoms with E-state index in [1.165, 1.54) is 0 Å². The Balaban J connectivity index is 2.18. The van der Waals surface area contributed by atoms with Crippen LogP contribution in [0.1, 0.15) is 24.0 Å². The van der Waals surface area contributed by atoms with Gasteiger partial charge in [0.15, 0.2) is 11.5 Å². The molecule has 0 saturated heterocycles. The molecule has 1 aliphatic heterocycles. The molecular weight excluding hydrogens is 318 g/mol. The standard InChI is InChI=1S/C19H19N3O3/c1-3-24-17-8-11(4-7-15(17)23-2)18-13-6-5-12(21)9-16(13)25-19(22)14(18)10-20/h4-9,18H,3,21-22H2,1-2H3/t18-/m0/s1. The molecule has 0 bridgehead atoms. The lowest BCUT2D eigenvalue weighted by atomic mass is 9.83. The Hall–Kier alpha value is -3.33. The highest BCUT2D eigenvalue weighted by molar-refractivity contribution is 5.60. The third-order valence-corrected chi connectivity index (χ3v) is 4.06. The molecule has 2 aromatic rings. The minimum Gasteiger partial charge on any atom is -0.493 e. The first-order valence-electron chi connectivity index (χ1n) is 7.86. The van der Waals surface area contributed by atoms with Crippen LogP contribution < -0.4 is 25.7 Å². The van der Waals surface area contributed by atoms with Crippen molar-refractivity contribution in [2.24, 2.45) is 5.73 Å². The Kier molecular flexibility index (Phi) is 4.40. The Labute approximate surface area is 146 Å². The van der Waals surface area contributed by atoms with Crippen LogP contribution in [0.2, 0.25) is 0 Å². The summed E-state index contributed by atoms with van der Waals surface area (Å²) in [7, 11) is 1.59. The molecule has 0 aliphatic carbocycles. The summed E-state index contributed by atoms with van der Waals surface area (Å²) in [6, 6.07) is 13.1. The second-order valence-corrected chi connectivity index (χ2v) is 5.57. The van der Waals surface area contributed by atoms with Gasteiger partial charge in [0.2, 0.25) is 5.88 Å². The van der Waals surface area contributed by atoms with Crippen LogP contribution in [0.15, 0.2) is 47.9 Å². The van der Waals surface area contributed by atoms with Gasteiger partial charge in [0, 0.05) is 17.3 Å². The summed E-state index contributed by atoms with van der Waals surface area (Å²) in [6.07, 6.45) is 0. The monoisotopic (exact) mass is 337 g/mol. The van der Waals surface area contributed by atoms with Crippen LogP contribution in [0, 0.1) is 11.3 Å². The molecule has 25 heavy (non-hydrogen) atoms. The second kappa shape index (κ2) is 6.65. The van der Waals surface area contributed by atoms with Crippen LogP contribution in [0.25, 0.3) is 0 Å². The topological polar surface area (TPSA) is 104 Å². The van der Waals surface area contributed by atoms with Gasteiger partial charge in [0.05, 0.1) is 19.6 Å². The molecule has 0 aromatic heterocycles. The number of nitrogens with zero attached hydrogens (tertiary/aromatic N) is 1. The van der Waals surface area contributed by atoms with Crippen molar-refractivity contribution in [3.8, 4) is 23.3 Å². The van der Waals surface area contributed by atoms with Gasteiger partial charge >= 0.3 is 0 Å². The number of nitrogen functional groups attached to an aromatic ring is 1. The first kappa shape index (κ1) is 16.5. The predicted octanol–water partition coefficient (Wildman–Crippen LogP) is 2.89. The van der Waals surface area contributed by atoms with E-state index < -0.39 is 0 Å². The maximum Gasteiger partial charge on any atom is 0.205 e. The van der Waals surface area contributed by atoms with Crippen molar-refractivity contribution in [1.29, 1.82) is 5.26 Å². The highest BCUT2D eigenvalue weighted by Crippen LogP contribution is 2.44. The molecule has 0 unspecified atom stereocenters. The maximum absolute atomic E-state index is 9.60. The Morgan fingerprint density at radius 2 is 1.96 bits per heavy atom.